The van der Waals surface area contributed by atoms with Gasteiger partial charge in [-0.05, 0) is 24.7 Å². The van der Waals surface area contributed by atoms with Crippen molar-refractivity contribution in [2.75, 3.05) is 33.2 Å². The minimum Gasteiger partial charge on any atom is -0.354 e. The molecule has 0 saturated carbocycles. The topological polar surface area (TPSA) is 44.4 Å². The Balaban J connectivity index is 1.78. The molecule has 0 aliphatic carbocycles. The summed E-state index contributed by atoms with van der Waals surface area (Å²) < 4.78 is 1.01. The van der Waals surface area contributed by atoms with Crippen LogP contribution in [0.5, 0.6) is 0 Å². The largest absolute Gasteiger partial charge is 0.354 e. The van der Waals surface area contributed by atoms with Gasteiger partial charge in [0.25, 0.3) is 0 Å². The molecule has 1 heterocycles. The summed E-state index contributed by atoms with van der Waals surface area (Å²) in [6.45, 7) is 3.70. The second-order valence-electron chi connectivity index (χ2n) is 4.95. The number of nitrogens with zero attached hydrogens (tertiary/aromatic N) is 1. The van der Waals surface area contributed by atoms with Gasteiger partial charge >= 0.3 is 0 Å². The van der Waals surface area contributed by atoms with Gasteiger partial charge in [0.1, 0.15) is 0 Å². The maximum Gasteiger partial charge on any atom is 0.224 e. The molecule has 2 rings (SSSR count). The van der Waals surface area contributed by atoms with Crippen LogP contribution in [0.4, 0.5) is 0 Å². The molecule has 1 aliphatic heterocycles. The molecule has 1 fully saturated rings. The summed E-state index contributed by atoms with van der Waals surface area (Å²) in [5.74, 6) is 0.0806. The third-order valence-electron chi connectivity index (χ3n) is 3.43. The summed E-state index contributed by atoms with van der Waals surface area (Å²) in [7, 11) is 2.10. The van der Waals surface area contributed by atoms with Crippen molar-refractivity contribution in [3.8, 4) is 0 Å². The highest BCUT2D eigenvalue weighted by molar-refractivity contribution is 9.10. The van der Waals surface area contributed by atoms with Gasteiger partial charge < -0.3 is 10.6 Å². The molecule has 2 N–H and O–H groups in total. The van der Waals surface area contributed by atoms with Crippen LogP contribution in [-0.4, -0.2) is 50.1 Å². The predicted octanol–water partition coefficient (Wildman–Crippen LogP) is 1.01. The van der Waals surface area contributed by atoms with Gasteiger partial charge in [-0.25, -0.2) is 0 Å². The van der Waals surface area contributed by atoms with Gasteiger partial charge in [-0.1, -0.05) is 28.1 Å². The van der Waals surface area contributed by atoms with Crippen molar-refractivity contribution in [1.29, 1.82) is 0 Å². The van der Waals surface area contributed by atoms with E-state index in [1.54, 1.807) is 0 Å². The van der Waals surface area contributed by atoms with Gasteiger partial charge in [-0.15, -0.1) is 0 Å². The van der Waals surface area contributed by atoms with Gasteiger partial charge in [0.2, 0.25) is 5.91 Å². The molecule has 1 unspecified atom stereocenters. The Morgan fingerprint density at radius 1 is 1.58 bits per heavy atom. The third-order valence-corrected chi connectivity index (χ3v) is 3.93. The van der Waals surface area contributed by atoms with Crippen LogP contribution in [-0.2, 0) is 11.2 Å². The van der Waals surface area contributed by atoms with Crippen LogP contribution in [0, 0.1) is 0 Å². The Labute approximate surface area is 122 Å². The minimum atomic E-state index is 0.0806. The summed E-state index contributed by atoms with van der Waals surface area (Å²) in [6, 6.07) is 8.25. The molecule has 0 radical (unpaired) electrons. The first-order chi connectivity index (χ1) is 9.15. The molecule has 1 atom stereocenters. The van der Waals surface area contributed by atoms with Crippen LogP contribution in [0.15, 0.2) is 28.7 Å². The van der Waals surface area contributed by atoms with Crippen molar-refractivity contribution in [2.24, 2.45) is 0 Å². The SMILES string of the molecule is CN1CCNCC1CNC(=O)Cc1cccc(Br)c1. The number of hydrogen-bond acceptors (Lipinski definition) is 3. The molecule has 1 saturated heterocycles. The highest BCUT2D eigenvalue weighted by Gasteiger charge is 2.18. The van der Waals surface area contributed by atoms with E-state index in [1.807, 2.05) is 24.3 Å². The number of carbonyl (C=O) groups is 1. The van der Waals surface area contributed by atoms with Gasteiger partial charge in [0.05, 0.1) is 6.42 Å². The van der Waals surface area contributed by atoms with Crippen molar-refractivity contribution in [1.82, 2.24) is 15.5 Å². The van der Waals surface area contributed by atoms with E-state index in [2.05, 4.69) is 38.5 Å². The second kappa shape index (κ2) is 7.03. The number of hydrogen-bond donors (Lipinski definition) is 2. The average Bonchev–Trinajstić information content (AvgIpc) is 2.38. The fourth-order valence-corrected chi connectivity index (χ4v) is 2.66. The Kier molecular flexibility index (Phi) is 5.36. The molecular formula is C14H20BrN3O. The molecular weight excluding hydrogens is 306 g/mol. The maximum atomic E-state index is 11.9. The Morgan fingerprint density at radius 3 is 3.16 bits per heavy atom. The predicted molar refractivity (Wildman–Crippen MR) is 80.1 cm³/mol. The first-order valence-corrected chi connectivity index (χ1v) is 7.36. The van der Waals surface area contributed by atoms with Crippen LogP contribution in [0.3, 0.4) is 0 Å². The quantitative estimate of drug-likeness (QED) is 0.868. The van der Waals surface area contributed by atoms with Crippen molar-refractivity contribution < 1.29 is 4.79 Å². The normalized spacial score (nSPS) is 20.2. The van der Waals surface area contributed by atoms with E-state index < -0.39 is 0 Å². The Morgan fingerprint density at radius 2 is 2.42 bits per heavy atom. The smallest absolute Gasteiger partial charge is 0.224 e. The molecule has 4 nitrogen and oxygen atoms in total. The summed E-state index contributed by atoms with van der Waals surface area (Å²) >= 11 is 3.41. The van der Waals surface area contributed by atoms with E-state index in [0.717, 1.165) is 29.7 Å². The molecule has 5 heteroatoms. The van der Waals surface area contributed by atoms with Crippen molar-refractivity contribution in [2.45, 2.75) is 12.5 Å². The minimum absolute atomic E-state index is 0.0806. The number of rotatable bonds is 4. The summed E-state index contributed by atoms with van der Waals surface area (Å²) in [5, 5.41) is 6.36. The number of nitrogens with one attached hydrogen (secondary N) is 2. The zero-order valence-corrected chi connectivity index (χ0v) is 12.7. The highest BCUT2D eigenvalue weighted by Crippen LogP contribution is 2.11. The van der Waals surface area contributed by atoms with E-state index in [4.69, 9.17) is 0 Å². The zero-order chi connectivity index (χ0) is 13.7. The van der Waals surface area contributed by atoms with Crippen LogP contribution in [0.2, 0.25) is 0 Å². The van der Waals surface area contributed by atoms with E-state index in [9.17, 15) is 4.79 Å². The van der Waals surface area contributed by atoms with Crippen LogP contribution >= 0.6 is 15.9 Å². The maximum absolute atomic E-state index is 11.9. The monoisotopic (exact) mass is 325 g/mol. The van der Waals surface area contributed by atoms with Crippen LogP contribution < -0.4 is 10.6 Å². The van der Waals surface area contributed by atoms with Gasteiger partial charge in [0, 0.05) is 36.7 Å². The summed E-state index contributed by atoms with van der Waals surface area (Å²) in [6.07, 6.45) is 0.434. The van der Waals surface area contributed by atoms with E-state index in [-0.39, 0.29) is 5.91 Å². The Hall–Kier alpha value is -0.910. The van der Waals surface area contributed by atoms with Crippen LogP contribution in [0.25, 0.3) is 0 Å². The molecule has 1 aromatic carbocycles. The number of benzene rings is 1. The molecule has 0 bridgehead atoms. The van der Waals surface area contributed by atoms with E-state index >= 15 is 0 Å². The Bertz CT molecular complexity index is 438. The van der Waals surface area contributed by atoms with E-state index in [1.165, 1.54) is 0 Å². The lowest BCUT2D eigenvalue weighted by atomic mass is 10.1. The number of carbonyl (C=O) groups excluding carboxylic acids is 1. The lowest BCUT2D eigenvalue weighted by molar-refractivity contribution is -0.120. The number of piperazine rings is 1. The van der Waals surface area contributed by atoms with Crippen molar-refractivity contribution >= 4 is 21.8 Å². The highest BCUT2D eigenvalue weighted by atomic mass is 79.9. The molecule has 104 valence electrons. The van der Waals surface area contributed by atoms with Gasteiger partial charge in [-0.2, -0.15) is 0 Å². The lowest BCUT2D eigenvalue weighted by Crippen LogP contribution is -2.54. The van der Waals surface area contributed by atoms with Crippen LogP contribution in [0.1, 0.15) is 5.56 Å². The van der Waals surface area contributed by atoms with Crippen molar-refractivity contribution in [3.63, 3.8) is 0 Å². The third kappa shape index (κ3) is 4.60. The fourth-order valence-electron chi connectivity index (χ4n) is 2.22. The van der Waals surface area contributed by atoms with Crippen molar-refractivity contribution in [3.05, 3.63) is 34.3 Å². The first kappa shape index (κ1) is 14.5. The molecule has 0 spiro atoms. The standard InChI is InChI=1S/C14H20BrN3O/c1-18-6-5-16-9-13(18)10-17-14(19)8-11-3-2-4-12(15)7-11/h2-4,7,13,16H,5-6,8-10H2,1H3,(H,17,19). The molecule has 1 aliphatic rings. The van der Waals surface area contributed by atoms with Gasteiger partial charge in [-0.3, -0.25) is 9.69 Å². The van der Waals surface area contributed by atoms with Gasteiger partial charge in [0.15, 0.2) is 0 Å². The molecule has 0 aromatic heterocycles. The fraction of sp³-hybridized carbons (Fsp3) is 0.500. The van der Waals surface area contributed by atoms with E-state index in [0.29, 0.717) is 19.0 Å². The zero-order valence-electron chi connectivity index (χ0n) is 11.2. The number of likely N-dealkylation sites (N-methyl/N-ethyl adjacent to an activating group) is 1. The summed E-state index contributed by atoms with van der Waals surface area (Å²) in [4.78, 5) is 14.2. The lowest BCUT2D eigenvalue weighted by Gasteiger charge is -2.33. The second-order valence-corrected chi connectivity index (χ2v) is 5.87. The summed E-state index contributed by atoms with van der Waals surface area (Å²) in [5.41, 5.74) is 1.03. The average molecular weight is 326 g/mol. The molecule has 1 aromatic rings. The number of halogens is 1. The molecule has 1 amide bonds. The number of amides is 1. The first-order valence-electron chi connectivity index (χ1n) is 6.57. The molecule has 19 heavy (non-hydrogen) atoms.